The van der Waals surface area contributed by atoms with Crippen molar-refractivity contribution in [3.63, 3.8) is 0 Å². The number of halogens is 6. The summed E-state index contributed by atoms with van der Waals surface area (Å²) >= 11 is 5.95. The zero-order chi connectivity index (χ0) is 30.3. The number of rotatable bonds is 5. The maximum absolute atomic E-state index is 16.4. The first-order valence-corrected chi connectivity index (χ1v) is 14.8. The normalized spacial score (nSPS) is 27.3. The van der Waals surface area contributed by atoms with Gasteiger partial charge >= 0.3 is 12.2 Å². The molecule has 7 rings (SSSR count). The van der Waals surface area contributed by atoms with E-state index in [1.165, 1.54) is 6.20 Å². The summed E-state index contributed by atoms with van der Waals surface area (Å²) in [6.07, 6.45) is 0.300. The summed E-state index contributed by atoms with van der Waals surface area (Å²) in [6, 6.07) is 1.39. The van der Waals surface area contributed by atoms with E-state index in [4.69, 9.17) is 22.1 Å². The van der Waals surface area contributed by atoms with Gasteiger partial charge in [0.05, 0.1) is 27.6 Å². The van der Waals surface area contributed by atoms with Crippen LogP contribution in [-0.4, -0.2) is 63.8 Å². The molecular weight excluding hydrogens is 591 g/mol. The van der Waals surface area contributed by atoms with Crippen LogP contribution in [0, 0.1) is 11.7 Å². The minimum absolute atomic E-state index is 0.0847. The minimum atomic E-state index is -4.91. The molecule has 2 N–H and O–H groups in total. The van der Waals surface area contributed by atoms with E-state index in [1.807, 2.05) is 4.90 Å². The van der Waals surface area contributed by atoms with Crippen molar-refractivity contribution in [2.45, 2.75) is 62.5 Å². The molecule has 3 aromatic rings. The molecule has 0 amide bonds. The number of pyridine rings is 1. The van der Waals surface area contributed by atoms with Crippen molar-refractivity contribution < 1.29 is 26.7 Å². The summed E-state index contributed by atoms with van der Waals surface area (Å²) in [5, 5.41) is -0.514. The Balaban J connectivity index is 1.37. The number of hydrogen-bond donors (Lipinski definition) is 1. The molecule has 7 nitrogen and oxygen atoms in total. The highest BCUT2D eigenvalue weighted by molar-refractivity contribution is 6.32. The smallest absolute Gasteiger partial charge is 0.418 e. The van der Waals surface area contributed by atoms with Gasteiger partial charge in [-0.05, 0) is 50.8 Å². The summed E-state index contributed by atoms with van der Waals surface area (Å²) in [4.78, 5) is 17.3. The van der Waals surface area contributed by atoms with Gasteiger partial charge in [0, 0.05) is 36.5 Å². The molecule has 228 valence electrons. The molecule has 0 spiro atoms. The highest BCUT2D eigenvalue weighted by atomic mass is 35.5. The first-order chi connectivity index (χ1) is 20.5. The summed E-state index contributed by atoms with van der Waals surface area (Å²) in [6.45, 7) is 6.55. The fourth-order valence-electron chi connectivity index (χ4n) is 7.35. The molecule has 1 aliphatic carbocycles. The van der Waals surface area contributed by atoms with Crippen molar-refractivity contribution >= 4 is 34.0 Å². The van der Waals surface area contributed by atoms with Gasteiger partial charge in [0.15, 0.2) is 5.82 Å². The van der Waals surface area contributed by atoms with E-state index in [1.54, 1.807) is 0 Å². The Morgan fingerprint density at radius 2 is 1.98 bits per heavy atom. The van der Waals surface area contributed by atoms with Crippen LogP contribution in [0.4, 0.5) is 33.5 Å². The third kappa shape index (κ3) is 4.77. The molecule has 1 unspecified atom stereocenters. The number of alkyl halides is 4. The van der Waals surface area contributed by atoms with Crippen LogP contribution in [0.1, 0.15) is 44.1 Å². The van der Waals surface area contributed by atoms with Crippen LogP contribution in [0.2, 0.25) is 5.02 Å². The Morgan fingerprint density at radius 3 is 2.77 bits per heavy atom. The van der Waals surface area contributed by atoms with Gasteiger partial charge in [-0.1, -0.05) is 30.2 Å². The predicted molar refractivity (Wildman–Crippen MR) is 153 cm³/mol. The van der Waals surface area contributed by atoms with Crippen LogP contribution in [0.25, 0.3) is 22.2 Å². The number of aromatic nitrogens is 3. The average Bonchev–Trinajstić information content (AvgIpc) is 3.34. The average molecular weight is 621 g/mol. The molecule has 4 atom stereocenters. The number of benzene rings is 1. The third-order valence-corrected chi connectivity index (χ3v) is 9.65. The van der Waals surface area contributed by atoms with E-state index >= 15 is 4.39 Å². The first-order valence-electron chi connectivity index (χ1n) is 14.4. The van der Waals surface area contributed by atoms with E-state index in [9.17, 15) is 17.6 Å². The number of ether oxygens (including phenoxy) is 1. The number of hydrogen-bond acceptors (Lipinski definition) is 7. The zero-order valence-corrected chi connectivity index (χ0v) is 24.0. The van der Waals surface area contributed by atoms with Crippen LogP contribution >= 0.6 is 11.6 Å². The van der Waals surface area contributed by atoms with Crippen molar-refractivity contribution in [3.8, 4) is 17.3 Å². The van der Waals surface area contributed by atoms with E-state index < -0.39 is 46.1 Å². The van der Waals surface area contributed by atoms with Gasteiger partial charge in [0.25, 0.3) is 0 Å². The zero-order valence-electron chi connectivity index (χ0n) is 23.2. The first kappa shape index (κ1) is 28.5. The van der Waals surface area contributed by atoms with Gasteiger partial charge in [-0.2, -0.15) is 23.1 Å². The van der Waals surface area contributed by atoms with Crippen LogP contribution in [0.15, 0.2) is 30.5 Å². The molecule has 0 bridgehead atoms. The molecular formula is C30H30ClF5N6O. The Bertz CT molecular complexity index is 1640. The molecule has 1 saturated carbocycles. The molecule has 5 heterocycles. The van der Waals surface area contributed by atoms with Gasteiger partial charge in [0.1, 0.15) is 29.8 Å². The van der Waals surface area contributed by atoms with Crippen LogP contribution in [-0.2, 0) is 6.18 Å². The number of nitrogens with zero attached hydrogens (tertiary/aromatic N) is 5. The van der Waals surface area contributed by atoms with E-state index in [0.29, 0.717) is 6.54 Å². The van der Waals surface area contributed by atoms with Gasteiger partial charge < -0.3 is 15.4 Å². The second kappa shape index (κ2) is 10.2. The quantitative estimate of drug-likeness (QED) is 0.196. The van der Waals surface area contributed by atoms with Crippen molar-refractivity contribution in [2.24, 2.45) is 5.92 Å². The van der Waals surface area contributed by atoms with E-state index in [-0.39, 0.29) is 46.5 Å². The summed E-state index contributed by atoms with van der Waals surface area (Å²) in [5.74, 6) is -1.01. The molecule has 2 aromatic heterocycles. The lowest BCUT2D eigenvalue weighted by molar-refractivity contribution is -0.137. The Kier molecular flexibility index (Phi) is 6.73. The lowest BCUT2D eigenvalue weighted by Crippen LogP contribution is -2.43. The van der Waals surface area contributed by atoms with E-state index in [0.717, 1.165) is 69.3 Å². The fourth-order valence-corrected chi connectivity index (χ4v) is 7.68. The SMILES string of the molecule is C=C1CN2CCC[C@@]2(COc2nc(N3CCCC[C@H]4C3[C@@H]4F)c3cnc(-c4cc(N)cc(Cl)c4C(F)(F)F)c(F)c3n2)C1. The van der Waals surface area contributed by atoms with Crippen molar-refractivity contribution in [2.75, 3.05) is 36.9 Å². The number of nitrogen functional groups attached to an aromatic ring is 1. The lowest BCUT2D eigenvalue weighted by atomic mass is 9.94. The van der Waals surface area contributed by atoms with Crippen LogP contribution < -0.4 is 15.4 Å². The topological polar surface area (TPSA) is 80.4 Å². The Hall–Kier alpha value is -3.25. The van der Waals surface area contributed by atoms with Gasteiger partial charge in [-0.25, -0.2) is 8.78 Å². The second-order valence-corrected chi connectivity index (χ2v) is 12.6. The standard InChI is InChI=1S/C30H30ClF5N6O/c1-15-11-29(6-4-7-41(29)13-15)14-43-28-39-25-19(27(40-28)42-8-3-2-5-17-22(32)26(17)42)12-38-24(23(25)33)18-9-16(37)10-20(31)21(18)30(34,35)36/h9-10,12,17,22,26H,1-8,11,13-14,37H2/t17-,22-,26?,29+/m1/s1. The number of anilines is 2. The van der Waals surface area contributed by atoms with Crippen LogP contribution in [0.5, 0.6) is 6.01 Å². The molecule has 43 heavy (non-hydrogen) atoms. The van der Waals surface area contributed by atoms with Crippen molar-refractivity contribution in [1.29, 1.82) is 0 Å². The lowest BCUT2D eigenvalue weighted by Gasteiger charge is -2.31. The summed E-state index contributed by atoms with van der Waals surface area (Å²) in [7, 11) is 0. The van der Waals surface area contributed by atoms with Crippen LogP contribution in [0.3, 0.4) is 0 Å². The molecule has 1 aromatic carbocycles. The van der Waals surface area contributed by atoms with Crippen molar-refractivity contribution in [1.82, 2.24) is 19.9 Å². The maximum Gasteiger partial charge on any atom is 0.418 e. The van der Waals surface area contributed by atoms with Gasteiger partial charge in [-0.15, -0.1) is 0 Å². The Morgan fingerprint density at radius 1 is 1.16 bits per heavy atom. The molecule has 3 saturated heterocycles. The second-order valence-electron chi connectivity index (χ2n) is 12.2. The highest BCUT2D eigenvalue weighted by Crippen LogP contribution is 2.49. The fraction of sp³-hybridized carbons (Fsp3) is 0.500. The Labute approximate surface area is 249 Å². The summed E-state index contributed by atoms with van der Waals surface area (Å²) in [5.41, 5.74) is 3.82. The monoisotopic (exact) mass is 620 g/mol. The largest absolute Gasteiger partial charge is 0.461 e. The predicted octanol–water partition coefficient (Wildman–Crippen LogP) is 6.59. The minimum Gasteiger partial charge on any atom is -0.461 e. The molecule has 13 heteroatoms. The van der Waals surface area contributed by atoms with Gasteiger partial charge in [-0.3, -0.25) is 9.88 Å². The molecule has 4 aliphatic rings. The number of fused-ring (bicyclic) bond motifs is 3. The maximum atomic E-state index is 16.4. The third-order valence-electron chi connectivity index (χ3n) is 9.35. The van der Waals surface area contributed by atoms with Gasteiger partial charge in [0.2, 0.25) is 0 Å². The van der Waals surface area contributed by atoms with Crippen molar-refractivity contribution in [3.05, 3.63) is 46.9 Å². The molecule has 0 radical (unpaired) electrons. The molecule has 4 fully saturated rings. The molecule has 3 aliphatic heterocycles. The number of nitrogens with two attached hydrogens (primary N) is 1. The van der Waals surface area contributed by atoms with E-state index in [2.05, 4.69) is 26.4 Å². The summed E-state index contributed by atoms with van der Waals surface area (Å²) < 4.78 is 79.7. The highest BCUT2D eigenvalue weighted by Gasteiger charge is 2.55.